The fraction of sp³-hybridized carbons (Fsp3) is 0.522. The van der Waals surface area contributed by atoms with Gasteiger partial charge < -0.3 is 15.5 Å². The van der Waals surface area contributed by atoms with E-state index in [2.05, 4.69) is 39.6 Å². The Morgan fingerprint density at radius 3 is 2.47 bits per heavy atom. The lowest BCUT2D eigenvalue weighted by atomic mass is 9.83. The van der Waals surface area contributed by atoms with Crippen LogP contribution >= 0.6 is 10.0 Å². The second kappa shape index (κ2) is 7.50. The third-order valence-corrected chi connectivity index (χ3v) is 10.1. The number of fused-ring (bicyclic) bond motifs is 1. The molecule has 9 heteroatoms. The van der Waals surface area contributed by atoms with Crippen LogP contribution in [0.3, 0.4) is 0 Å². The van der Waals surface area contributed by atoms with Gasteiger partial charge in [0.15, 0.2) is 5.82 Å². The van der Waals surface area contributed by atoms with E-state index in [0.717, 1.165) is 30.5 Å². The number of nitrogens with zero attached hydrogens (tertiary/aromatic N) is 2. The van der Waals surface area contributed by atoms with E-state index in [1.165, 1.54) is 0 Å². The van der Waals surface area contributed by atoms with Crippen LogP contribution in [0.1, 0.15) is 49.9 Å². The number of hydrogen-bond acceptors (Lipinski definition) is 3. The number of nitrogens with one attached hydrogen (secondary N) is 3. The summed E-state index contributed by atoms with van der Waals surface area (Å²) < 4.78 is 14.1. The Balaban J connectivity index is 1.55. The molecule has 1 aliphatic heterocycles. The zero-order chi connectivity index (χ0) is 23.5. The van der Waals surface area contributed by atoms with Gasteiger partial charge in [0, 0.05) is 5.56 Å². The fourth-order valence-electron chi connectivity index (χ4n) is 4.71. The maximum absolute atomic E-state index is 14.4. The number of halogens is 1. The Bertz CT molecular complexity index is 1080. The highest BCUT2D eigenvalue weighted by Crippen LogP contribution is 2.60. The van der Waals surface area contributed by atoms with Crippen molar-refractivity contribution in [2.75, 3.05) is 29.4 Å². The van der Waals surface area contributed by atoms with Crippen LogP contribution in [0, 0.1) is 12.7 Å². The van der Waals surface area contributed by atoms with E-state index in [1.807, 2.05) is 13.8 Å². The molecule has 1 saturated carbocycles. The zero-order valence-electron chi connectivity index (χ0n) is 19.6. The number of hydrogen-bond donors (Lipinski definition) is 3. The molecule has 2 aliphatic rings. The largest absolute Gasteiger partial charge is 0.323 e. The van der Waals surface area contributed by atoms with Crippen molar-refractivity contribution in [2.24, 2.45) is 0 Å². The van der Waals surface area contributed by atoms with Crippen LogP contribution in [0.15, 0.2) is 18.2 Å². The first-order valence-electron chi connectivity index (χ1n) is 10.8. The van der Waals surface area contributed by atoms with Crippen LogP contribution in [-0.2, 0) is 16.9 Å². The molecule has 7 nitrogen and oxygen atoms in total. The molecule has 3 amide bonds. The maximum Gasteiger partial charge on any atom is 0.323 e. The number of aromatic amines is 1. The monoisotopic (exact) mass is 461 g/mol. The first-order chi connectivity index (χ1) is 14.9. The second-order valence-electron chi connectivity index (χ2n) is 10.1. The lowest BCUT2D eigenvalue weighted by Gasteiger charge is -2.53. The third-order valence-electron chi connectivity index (χ3n) is 7.13. The SMILES string of the molecule is Cc1cccc(NC(=O)N2Cc3c(NC(=O)C4(S(C)(C)C)CCC4)n[nH]c3C2(C)C)c1F. The predicted molar refractivity (Wildman–Crippen MR) is 128 cm³/mol. The second-order valence-corrected chi connectivity index (χ2v) is 14.5. The smallest absolute Gasteiger partial charge is 0.309 e. The number of rotatable bonds is 4. The number of amides is 3. The molecular formula is C23H32FN5O2S. The predicted octanol–water partition coefficient (Wildman–Crippen LogP) is 4.70. The minimum atomic E-state index is -1.09. The minimum Gasteiger partial charge on any atom is -0.309 e. The van der Waals surface area contributed by atoms with Gasteiger partial charge in [-0.15, -0.1) is 0 Å². The molecule has 1 aromatic heterocycles. The normalized spacial score (nSPS) is 19.2. The van der Waals surface area contributed by atoms with Gasteiger partial charge in [0.05, 0.1) is 28.2 Å². The van der Waals surface area contributed by atoms with Gasteiger partial charge in [-0.25, -0.2) is 19.2 Å². The van der Waals surface area contributed by atoms with Gasteiger partial charge in [-0.2, -0.15) is 5.10 Å². The Hall–Kier alpha value is -2.55. The molecule has 0 radical (unpaired) electrons. The average Bonchev–Trinajstić information content (AvgIpc) is 3.15. The van der Waals surface area contributed by atoms with Crippen LogP contribution in [-0.4, -0.2) is 50.5 Å². The van der Waals surface area contributed by atoms with Crippen molar-refractivity contribution in [1.82, 2.24) is 15.1 Å². The Kier molecular flexibility index (Phi) is 5.31. The van der Waals surface area contributed by atoms with Crippen LogP contribution in [0.5, 0.6) is 0 Å². The number of H-pyrrole nitrogens is 1. The van der Waals surface area contributed by atoms with Gasteiger partial charge in [0.25, 0.3) is 0 Å². The van der Waals surface area contributed by atoms with Crippen molar-refractivity contribution in [1.29, 1.82) is 0 Å². The molecule has 3 N–H and O–H groups in total. The Labute approximate surface area is 189 Å². The van der Waals surface area contributed by atoms with Gasteiger partial charge in [0.2, 0.25) is 5.91 Å². The first-order valence-corrected chi connectivity index (χ1v) is 13.6. The van der Waals surface area contributed by atoms with Gasteiger partial charge in [-0.3, -0.25) is 9.89 Å². The van der Waals surface area contributed by atoms with E-state index < -0.39 is 27.4 Å². The van der Waals surface area contributed by atoms with Crippen molar-refractivity contribution >= 4 is 33.5 Å². The van der Waals surface area contributed by atoms with Crippen LogP contribution in [0.2, 0.25) is 0 Å². The summed E-state index contributed by atoms with van der Waals surface area (Å²) >= 11 is 0. The van der Waals surface area contributed by atoms with Crippen LogP contribution < -0.4 is 10.6 Å². The summed E-state index contributed by atoms with van der Waals surface area (Å²) in [4.78, 5) is 28.0. The van der Waals surface area contributed by atoms with Gasteiger partial charge >= 0.3 is 6.03 Å². The standard InChI is InChI=1S/C23H32FN5O2S/c1-14-9-7-10-16(17(14)24)25-21(31)29-13-15-18(22(29,2)3)27-28-19(15)26-20(30)23(11-8-12-23)32(4,5)6/h7,9-10H,8,11-13H2,1-6H3,(H,25,31)(H2,26,27,28,30). The quantitative estimate of drug-likeness (QED) is 0.617. The van der Waals surface area contributed by atoms with Gasteiger partial charge in [-0.05, 0) is 70.4 Å². The molecule has 0 unspecified atom stereocenters. The summed E-state index contributed by atoms with van der Waals surface area (Å²) in [6.07, 6.45) is 9.40. The molecule has 0 atom stereocenters. The van der Waals surface area contributed by atoms with Crippen molar-refractivity contribution in [2.45, 2.75) is 56.9 Å². The minimum absolute atomic E-state index is 0.0167. The summed E-state index contributed by atoms with van der Waals surface area (Å²) in [5.41, 5.74) is 1.49. The summed E-state index contributed by atoms with van der Waals surface area (Å²) in [7, 11) is -1.09. The topological polar surface area (TPSA) is 90.1 Å². The van der Waals surface area contributed by atoms with Crippen LogP contribution in [0.4, 0.5) is 20.7 Å². The number of anilines is 2. The molecule has 4 rings (SSSR count). The molecule has 1 fully saturated rings. The molecule has 1 aromatic carbocycles. The molecule has 0 saturated heterocycles. The number of urea groups is 1. The van der Waals surface area contributed by atoms with Gasteiger partial charge in [-0.1, -0.05) is 12.1 Å². The third kappa shape index (κ3) is 3.37. The lowest BCUT2D eigenvalue weighted by molar-refractivity contribution is -0.120. The van der Waals surface area contributed by atoms with Crippen LogP contribution in [0.25, 0.3) is 0 Å². The lowest BCUT2D eigenvalue weighted by Crippen LogP contribution is -2.51. The maximum atomic E-state index is 14.4. The molecule has 174 valence electrons. The molecule has 1 aliphatic carbocycles. The number of benzene rings is 1. The van der Waals surface area contributed by atoms with E-state index in [-0.39, 0.29) is 22.9 Å². The summed E-state index contributed by atoms with van der Waals surface area (Å²) in [6, 6.07) is 4.50. The van der Waals surface area contributed by atoms with E-state index in [9.17, 15) is 14.0 Å². The highest BCUT2D eigenvalue weighted by atomic mass is 32.3. The Morgan fingerprint density at radius 2 is 1.88 bits per heavy atom. The zero-order valence-corrected chi connectivity index (χ0v) is 20.4. The molecule has 2 heterocycles. The molecule has 32 heavy (non-hydrogen) atoms. The molecular weight excluding hydrogens is 429 g/mol. The number of aryl methyl sites for hydroxylation is 1. The summed E-state index contributed by atoms with van der Waals surface area (Å²) in [5.74, 6) is 0.0506. The molecule has 2 aromatic rings. The van der Waals surface area contributed by atoms with E-state index in [1.54, 1.807) is 30.0 Å². The first kappa shape index (κ1) is 22.6. The van der Waals surface area contributed by atoms with Crippen molar-refractivity contribution in [3.05, 3.63) is 40.8 Å². The van der Waals surface area contributed by atoms with Crippen molar-refractivity contribution in [3.8, 4) is 0 Å². The van der Waals surface area contributed by atoms with E-state index >= 15 is 0 Å². The number of aromatic nitrogens is 2. The van der Waals surface area contributed by atoms with Gasteiger partial charge in [0.1, 0.15) is 5.82 Å². The average molecular weight is 462 g/mol. The highest BCUT2D eigenvalue weighted by Gasteiger charge is 2.51. The van der Waals surface area contributed by atoms with E-state index in [4.69, 9.17) is 0 Å². The fourth-order valence-corrected chi connectivity index (χ4v) is 6.83. The van der Waals surface area contributed by atoms with Crippen molar-refractivity contribution < 1.29 is 14.0 Å². The van der Waals surface area contributed by atoms with Crippen molar-refractivity contribution in [3.63, 3.8) is 0 Å². The highest BCUT2D eigenvalue weighted by molar-refractivity contribution is 8.33. The number of carbonyl (C=O) groups is 2. The van der Waals surface area contributed by atoms with E-state index in [0.29, 0.717) is 11.4 Å². The summed E-state index contributed by atoms with van der Waals surface area (Å²) in [6.45, 7) is 5.73. The molecule has 0 bridgehead atoms. The number of carbonyl (C=O) groups excluding carboxylic acids is 2. The Morgan fingerprint density at radius 1 is 1.19 bits per heavy atom. The summed E-state index contributed by atoms with van der Waals surface area (Å²) in [5, 5.41) is 13.1. The molecule has 0 spiro atoms.